The van der Waals surface area contributed by atoms with Crippen LogP contribution in [-0.2, 0) is 0 Å². The highest BCUT2D eigenvalue weighted by atomic mass is 16.5. The van der Waals surface area contributed by atoms with Gasteiger partial charge in [-0.25, -0.2) is 5.01 Å². The molecule has 0 heterocycles. The fraction of sp³-hybridized carbons (Fsp3) is 0.0952. The van der Waals surface area contributed by atoms with Crippen molar-refractivity contribution in [3.8, 4) is 11.5 Å². The topological polar surface area (TPSA) is 34.1 Å². The third-order valence-corrected chi connectivity index (χ3v) is 3.75. The minimum Gasteiger partial charge on any atom is -0.497 e. The van der Waals surface area contributed by atoms with Crippen molar-refractivity contribution in [2.45, 2.75) is 0 Å². The summed E-state index contributed by atoms with van der Waals surface area (Å²) >= 11 is 0. The lowest BCUT2D eigenvalue weighted by atomic mass is 10.2. The first kappa shape index (κ1) is 16.6. The van der Waals surface area contributed by atoms with Gasteiger partial charge in [0.05, 0.1) is 31.8 Å². The number of hydrogen-bond donors (Lipinski definition) is 0. The number of hydrazone groups is 1. The number of hydrogen-bond acceptors (Lipinski definition) is 4. The Morgan fingerprint density at radius 2 is 1.36 bits per heavy atom. The van der Waals surface area contributed by atoms with Gasteiger partial charge in [-0.2, -0.15) is 5.10 Å². The minimum atomic E-state index is 0.712. The molecule has 0 spiro atoms. The number of benzene rings is 3. The Morgan fingerprint density at radius 3 is 1.88 bits per heavy atom. The predicted octanol–water partition coefficient (Wildman–Crippen LogP) is 4.88. The lowest BCUT2D eigenvalue weighted by molar-refractivity contribution is 0.394. The highest BCUT2D eigenvalue weighted by Crippen LogP contribution is 2.27. The maximum Gasteiger partial charge on any atom is 0.131 e. The molecule has 0 bridgehead atoms. The zero-order valence-corrected chi connectivity index (χ0v) is 14.3. The predicted molar refractivity (Wildman–Crippen MR) is 102 cm³/mol. The molecule has 0 radical (unpaired) electrons. The number of nitrogens with zero attached hydrogens (tertiary/aromatic N) is 2. The molecule has 25 heavy (non-hydrogen) atoms. The van der Waals surface area contributed by atoms with E-state index in [2.05, 4.69) is 5.10 Å². The zero-order chi connectivity index (χ0) is 17.5. The molecule has 0 aromatic heterocycles. The van der Waals surface area contributed by atoms with Crippen molar-refractivity contribution < 1.29 is 9.47 Å². The molecule has 0 atom stereocenters. The highest BCUT2D eigenvalue weighted by Gasteiger charge is 2.08. The molecule has 0 fully saturated rings. The number of anilines is 2. The van der Waals surface area contributed by atoms with Crippen molar-refractivity contribution in [2.24, 2.45) is 5.10 Å². The smallest absolute Gasteiger partial charge is 0.131 e. The summed E-state index contributed by atoms with van der Waals surface area (Å²) in [5.41, 5.74) is 2.84. The van der Waals surface area contributed by atoms with E-state index in [0.717, 1.165) is 22.7 Å². The lowest BCUT2D eigenvalue weighted by Gasteiger charge is -2.19. The van der Waals surface area contributed by atoms with Crippen molar-refractivity contribution in [2.75, 3.05) is 19.2 Å². The van der Waals surface area contributed by atoms with E-state index in [-0.39, 0.29) is 0 Å². The Bertz CT molecular complexity index is 794. The second-order valence-electron chi connectivity index (χ2n) is 5.34. The van der Waals surface area contributed by atoms with Crippen LogP contribution in [0.25, 0.3) is 0 Å². The Balaban J connectivity index is 1.97. The molecule has 4 nitrogen and oxygen atoms in total. The van der Waals surface area contributed by atoms with E-state index in [9.17, 15) is 0 Å². The molecule has 0 amide bonds. The molecule has 0 saturated heterocycles. The normalized spacial score (nSPS) is 10.6. The standard InChI is InChI=1S/C21H20N2O2/c1-24-20-14-13-17(21(15-20)25-2)16-22-23(18-9-5-3-6-10-18)19-11-7-4-8-12-19/h3-16H,1-2H3/b22-16+. The van der Waals surface area contributed by atoms with E-state index in [1.807, 2.05) is 83.9 Å². The molecule has 0 N–H and O–H groups in total. The molecule has 3 aromatic carbocycles. The second kappa shape index (κ2) is 8.02. The van der Waals surface area contributed by atoms with Crippen LogP contribution in [0.5, 0.6) is 11.5 Å². The van der Waals surface area contributed by atoms with Gasteiger partial charge in [0.1, 0.15) is 11.5 Å². The average molecular weight is 332 g/mol. The summed E-state index contributed by atoms with van der Waals surface area (Å²) in [4.78, 5) is 0. The van der Waals surface area contributed by atoms with E-state index in [4.69, 9.17) is 9.47 Å². The maximum absolute atomic E-state index is 5.44. The van der Waals surface area contributed by atoms with Crippen LogP contribution in [0.15, 0.2) is 84.0 Å². The van der Waals surface area contributed by atoms with Gasteiger partial charge in [0.15, 0.2) is 0 Å². The second-order valence-corrected chi connectivity index (χ2v) is 5.34. The van der Waals surface area contributed by atoms with E-state index >= 15 is 0 Å². The molecule has 3 aromatic rings. The summed E-state index contributed by atoms with van der Waals surface area (Å²) in [7, 11) is 3.27. The molecule has 0 aliphatic heterocycles. The first-order valence-electron chi connectivity index (χ1n) is 7.98. The van der Waals surface area contributed by atoms with E-state index in [0.29, 0.717) is 5.75 Å². The van der Waals surface area contributed by atoms with Gasteiger partial charge < -0.3 is 9.47 Å². The molecule has 0 saturated carbocycles. The van der Waals surface area contributed by atoms with Gasteiger partial charge in [-0.3, -0.25) is 0 Å². The number of rotatable bonds is 6. The third kappa shape index (κ3) is 3.98. The van der Waals surface area contributed by atoms with Crippen molar-refractivity contribution in [1.29, 1.82) is 0 Å². The molecule has 4 heteroatoms. The number of ether oxygens (including phenoxy) is 2. The molecule has 126 valence electrons. The Hall–Kier alpha value is -3.27. The van der Waals surface area contributed by atoms with Gasteiger partial charge in [-0.15, -0.1) is 0 Å². The summed E-state index contributed by atoms with van der Waals surface area (Å²) in [6.45, 7) is 0. The molecule has 0 aliphatic carbocycles. The summed E-state index contributed by atoms with van der Waals surface area (Å²) in [6.07, 6.45) is 1.79. The van der Waals surface area contributed by atoms with Crippen LogP contribution in [0, 0.1) is 0 Å². The molecular formula is C21H20N2O2. The Labute approximate surface area is 147 Å². The van der Waals surface area contributed by atoms with Crippen LogP contribution in [0.4, 0.5) is 11.4 Å². The largest absolute Gasteiger partial charge is 0.497 e. The number of methoxy groups -OCH3 is 2. The summed E-state index contributed by atoms with van der Waals surface area (Å²) in [5, 5.41) is 6.58. The Kier molecular flexibility index (Phi) is 5.32. The molecule has 0 unspecified atom stereocenters. The van der Waals surface area contributed by atoms with Gasteiger partial charge in [-0.05, 0) is 36.4 Å². The van der Waals surface area contributed by atoms with Crippen LogP contribution < -0.4 is 14.5 Å². The van der Waals surface area contributed by atoms with Crippen molar-refractivity contribution in [1.82, 2.24) is 0 Å². The van der Waals surface area contributed by atoms with Crippen LogP contribution in [0.3, 0.4) is 0 Å². The molecule has 3 rings (SSSR count). The quantitative estimate of drug-likeness (QED) is 0.477. The average Bonchev–Trinajstić information content (AvgIpc) is 2.70. The van der Waals surface area contributed by atoms with Gasteiger partial charge >= 0.3 is 0 Å². The minimum absolute atomic E-state index is 0.712. The fourth-order valence-electron chi connectivity index (χ4n) is 2.47. The van der Waals surface area contributed by atoms with E-state index in [1.165, 1.54) is 0 Å². The van der Waals surface area contributed by atoms with Crippen LogP contribution in [0.1, 0.15) is 5.56 Å². The summed E-state index contributed by atoms with van der Waals surface area (Å²) < 4.78 is 10.7. The van der Waals surface area contributed by atoms with Gasteiger partial charge in [0, 0.05) is 11.6 Å². The van der Waals surface area contributed by atoms with Crippen molar-refractivity contribution in [3.05, 3.63) is 84.4 Å². The van der Waals surface area contributed by atoms with Crippen LogP contribution in [-0.4, -0.2) is 20.4 Å². The molecular weight excluding hydrogens is 312 g/mol. The summed E-state index contributed by atoms with van der Waals surface area (Å²) in [6, 6.07) is 25.7. The van der Waals surface area contributed by atoms with Gasteiger partial charge in [0.2, 0.25) is 0 Å². The van der Waals surface area contributed by atoms with E-state index in [1.54, 1.807) is 20.4 Å². The first-order chi connectivity index (χ1) is 12.3. The first-order valence-corrected chi connectivity index (χ1v) is 7.98. The highest BCUT2D eigenvalue weighted by molar-refractivity contribution is 5.85. The van der Waals surface area contributed by atoms with E-state index < -0.39 is 0 Å². The monoisotopic (exact) mass is 332 g/mol. The van der Waals surface area contributed by atoms with Crippen LogP contribution in [0.2, 0.25) is 0 Å². The fourth-order valence-corrected chi connectivity index (χ4v) is 2.47. The van der Waals surface area contributed by atoms with Gasteiger partial charge in [0.25, 0.3) is 0 Å². The molecule has 0 aliphatic rings. The maximum atomic E-state index is 5.44. The third-order valence-electron chi connectivity index (χ3n) is 3.75. The lowest BCUT2D eigenvalue weighted by Crippen LogP contribution is -2.09. The summed E-state index contributed by atoms with van der Waals surface area (Å²) in [5.74, 6) is 1.46. The number of para-hydroxylation sites is 2. The van der Waals surface area contributed by atoms with Crippen molar-refractivity contribution in [3.63, 3.8) is 0 Å². The van der Waals surface area contributed by atoms with Gasteiger partial charge in [-0.1, -0.05) is 36.4 Å². The SMILES string of the molecule is COc1ccc(/C=N/N(c2ccccc2)c2ccccc2)c(OC)c1. The Morgan fingerprint density at radius 1 is 0.760 bits per heavy atom. The van der Waals surface area contributed by atoms with Crippen LogP contribution >= 0.6 is 0 Å². The van der Waals surface area contributed by atoms with Crippen molar-refractivity contribution >= 4 is 17.6 Å². The zero-order valence-electron chi connectivity index (χ0n) is 14.3.